The zero-order chi connectivity index (χ0) is 21.0. The molecule has 3 rings (SSSR count). The second-order valence-corrected chi connectivity index (χ2v) is 8.31. The number of benzene rings is 2. The maximum Gasteiger partial charge on any atom is 0.242 e. The quantitative estimate of drug-likeness (QED) is 0.519. The van der Waals surface area contributed by atoms with Crippen LogP contribution in [0.15, 0.2) is 53.6 Å². The van der Waals surface area contributed by atoms with Gasteiger partial charge in [0.1, 0.15) is 15.7 Å². The average molecular weight is 434 g/mol. The Bertz CT molecular complexity index is 1140. The predicted molar refractivity (Wildman–Crippen MR) is 114 cm³/mol. The number of para-hydroxylation sites is 1. The van der Waals surface area contributed by atoms with Crippen LogP contribution in [0, 0.1) is 6.92 Å². The number of halogens is 1. The van der Waals surface area contributed by atoms with E-state index in [0.29, 0.717) is 17.1 Å². The van der Waals surface area contributed by atoms with Crippen LogP contribution in [0.3, 0.4) is 0 Å². The van der Waals surface area contributed by atoms with Crippen molar-refractivity contribution in [3.63, 3.8) is 0 Å². The molecule has 0 saturated carbocycles. The lowest BCUT2D eigenvalue weighted by atomic mass is 10.2. The Hall–Kier alpha value is -2.88. The van der Waals surface area contributed by atoms with E-state index >= 15 is 0 Å². The van der Waals surface area contributed by atoms with Crippen molar-refractivity contribution >= 4 is 44.8 Å². The fourth-order valence-electron chi connectivity index (χ4n) is 2.60. The van der Waals surface area contributed by atoms with Gasteiger partial charge < -0.3 is 15.4 Å². The van der Waals surface area contributed by atoms with Crippen LogP contribution >= 0.6 is 11.6 Å². The predicted octanol–water partition coefficient (Wildman–Crippen LogP) is 3.84. The number of methoxy groups -OCH3 is 1. The third kappa shape index (κ3) is 4.76. The van der Waals surface area contributed by atoms with Gasteiger partial charge in [0.05, 0.1) is 24.7 Å². The normalized spacial score (nSPS) is 11.2. The Morgan fingerprint density at radius 3 is 2.55 bits per heavy atom. The summed E-state index contributed by atoms with van der Waals surface area (Å²) in [6, 6.07) is 12.1. The summed E-state index contributed by atoms with van der Waals surface area (Å²) in [4.78, 5) is 8.64. The van der Waals surface area contributed by atoms with Gasteiger partial charge in [-0.2, -0.15) is 4.98 Å². The van der Waals surface area contributed by atoms with Crippen LogP contribution < -0.4 is 20.1 Å². The first-order valence-corrected chi connectivity index (χ1v) is 10.4. The van der Waals surface area contributed by atoms with Gasteiger partial charge in [0, 0.05) is 0 Å². The standard InChI is InChI=1S/C19H20ClN5O3S/c1-12-8-9-16(28-3)15(10-12)24-19-22-11-13(20)18(25-19)23-14-6-4-5-7-17(14)29(26,27)21-2/h4-11,21H,1-3H3,(H2,22,23,24,25). The molecule has 0 unspecified atom stereocenters. The molecule has 0 spiro atoms. The van der Waals surface area contributed by atoms with E-state index < -0.39 is 10.0 Å². The zero-order valence-electron chi connectivity index (χ0n) is 16.0. The summed E-state index contributed by atoms with van der Waals surface area (Å²) in [6.45, 7) is 1.96. The van der Waals surface area contributed by atoms with Crippen molar-refractivity contribution < 1.29 is 13.2 Å². The highest BCUT2D eigenvalue weighted by molar-refractivity contribution is 7.89. The van der Waals surface area contributed by atoms with E-state index in [1.54, 1.807) is 25.3 Å². The number of aryl methyl sites for hydroxylation is 1. The van der Waals surface area contributed by atoms with Gasteiger partial charge in [0.2, 0.25) is 16.0 Å². The average Bonchev–Trinajstić information content (AvgIpc) is 2.71. The Kier molecular flexibility index (Phi) is 6.21. The molecule has 3 aromatic rings. The number of aromatic nitrogens is 2. The van der Waals surface area contributed by atoms with Gasteiger partial charge in [-0.15, -0.1) is 0 Å². The summed E-state index contributed by atoms with van der Waals surface area (Å²) < 4.78 is 32.2. The number of sulfonamides is 1. The molecule has 0 aliphatic heterocycles. The number of nitrogens with zero attached hydrogens (tertiary/aromatic N) is 2. The molecule has 0 radical (unpaired) electrons. The van der Waals surface area contributed by atoms with Crippen molar-refractivity contribution in [1.29, 1.82) is 0 Å². The van der Waals surface area contributed by atoms with Crippen LogP contribution in [0.5, 0.6) is 5.75 Å². The summed E-state index contributed by atoms with van der Waals surface area (Å²) >= 11 is 6.23. The third-order valence-corrected chi connectivity index (χ3v) is 5.79. The van der Waals surface area contributed by atoms with E-state index in [1.165, 1.54) is 19.3 Å². The number of ether oxygens (including phenoxy) is 1. The SMILES string of the molecule is CNS(=O)(=O)c1ccccc1Nc1nc(Nc2cc(C)ccc2OC)ncc1Cl. The number of hydrogen-bond acceptors (Lipinski definition) is 7. The molecule has 0 bridgehead atoms. The smallest absolute Gasteiger partial charge is 0.242 e. The van der Waals surface area contributed by atoms with Gasteiger partial charge in [0.15, 0.2) is 5.82 Å². The van der Waals surface area contributed by atoms with E-state index in [1.807, 2.05) is 25.1 Å². The lowest BCUT2D eigenvalue weighted by molar-refractivity contribution is 0.416. The van der Waals surface area contributed by atoms with Crippen LogP contribution in [0.2, 0.25) is 5.02 Å². The van der Waals surface area contributed by atoms with Crippen LogP contribution in [0.25, 0.3) is 0 Å². The Morgan fingerprint density at radius 1 is 1.07 bits per heavy atom. The van der Waals surface area contributed by atoms with Gasteiger partial charge in [0.25, 0.3) is 0 Å². The lowest BCUT2D eigenvalue weighted by Gasteiger charge is -2.14. The van der Waals surface area contributed by atoms with Gasteiger partial charge in [-0.25, -0.2) is 18.1 Å². The molecule has 3 N–H and O–H groups in total. The number of nitrogens with one attached hydrogen (secondary N) is 3. The Balaban J connectivity index is 1.95. The molecule has 0 atom stereocenters. The fraction of sp³-hybridized carbons (Fsp3) is 0.158. The molecule has 29 heavy (non-hydrogen) atoms. The number of rotatable bonds is 7. The van der Waals surface area contributed by atoms with E-state index in [9.17, 15) is 8.42 Å². The third-order valence-electron chi connectivity index (χ3n) is 4.04. The molecular formula is C19H20ClN5O3S. The van der Waals surface area contributed by atoms with Gasteiger partial charge >= 0.3 is 0 Å². The molecule has 0 aliphatic rings. The topological polar surface area (TPSA) is 105 Å². The number of anilines is 4. The summed E-state index contributed by atoms with van der Waals surface area (Å²) in [5, 5.41) is 6.31. The molecular weight excluding hydrogens is 414 g/mol. The largest absolute Gasteiger partial charge is 0.495 e. The van der Waals surface area contributed by atoms with Gasteiger partial charge in [-0.1, -0.05) is 29.8 Å². The highest BCUT2D eigenvalue weighted by Crippen LogP contribution is 2.31. The van der Waals surface area contributed by atoms with Crippen LogP contribution in [0.4, 0.5) is 23.1 Å². The molecule has 8 nitrogen and oxygen atoms in total. The van der Waals surface area contributed by atoms with E-state index in [-0.39, 0.29) is 21.7 Å². The molecule has 2 aromatic carbocycles. The first-order valence-electron chi connectivity index (χ1n) is 8.58. The van der Waals surface area contributed by atoms with E-state index in [2.05, 4.69) is 25.3 Å². The summed E-state index contributed by atoms with van der Waals surface area (Å²) in [7, 11) is -0.743. The first kappa shape index (κ1) is 20.8. The maximum atomic E-state index is 12.3. The minimum atomic E-state index is -3.67. The van der Waals surface area contributed by atoms with Crippen molar-refractivity contribution in [2.45, 2.75) is 11.8 Å². The summed E-state index contributed by atoms with van der Waals surface area (Å²) in [6.07, 6.45) is 1.43. The molecule has 1 heterocycles. The van der Waals surface area contributed by atoms with Crippen LogP contribution in [-0.2, 0) is 10.0 Å². The van der Waals surface area contributed by atoms with Gasteiger partial charge in [-0.05, 0) is 43.8 Å². The van der Waals surface area contributed by atoms with Crippen molar-refractivity contribution in [2.75, 3.05) is 24.8 Å². The Morgan fingerprint density at radius 2 is 1.83 bits per heavy atom. The fourth-order valence-corrected chi connectivity index (χ4v) is 3.62. The monoisotopic (exact) mass is 433 g/mol. The molecule has 0 fully saturated rings. The number of hydrogen-bond donors (Lipinski definition) is 3. The Labute approximate surface area is 174 Å². The van der Waals surface area contributed by atoms with Crippen molar-refractivity contribution in [3.05, 3.63) is 59.2 Å². The summed E-state index contributed by atoms with van der Waals surface area (Å²) in [5.74, 6) is 1.17. The minimum Gasteiger partial charge on any atom is -0.495 e. The maximum absolute atomic E-state index is 12.3. The zero-order valence-corrected chi connectivity index (χ0v) is 17.6. The van der Waals surface area contributed by atoms with Crippen LogP contribution in [-0.4, -0.2) is 32.5 Å². The second kappa shape index (κ2) is 8.64. The lowest BCUT2D eigenvalue weighted by Crippen LogP contribution is -2.19. The highest BCUT2D eigenvalue weighted by Gasteiger charge is 2.17. The van der Waals surface area contributed by atoms with Crippen molar-refractivity contribution in [2.24, 2.45) is 0 Å². The highest BCUT2D eigenvalue weighted by atomic mass is 35.5. The molecule has 0 amide bonds. The van der Waals surface area contributed by atoms with Crippen molar-refractivity contribution in [1.82, 2.24) is 14.7 Å². The second-order valence-electron chi connectivity index (χ2n) is 6.05. The molecule has 0 aliphatic carbocycles. The van der Waals surface area contributed by atoms with Crippen LogP contribution in [0.1, 0.15) is 5.56 Å². The molecule has 0 saturated heterocycles. The molecule has 10 heteroatoms. The molecule has 1 aromatic heterocycles. The van der Waals surface area contributed by atoms with E-state index in [4.69, 9.17) is 16.3 Å². The van der Waals surface area contributed by atoms with Crippen molar-refractivity contribution in [3.8, 4) is 5.75 Å². The minimum absolute atomic E-state index is 0.0760. The summed E-state index contributed by atoms with van der Waals surface area (Å²) in [5.41, 5.74) is 2.06. The first-order chi connectivity index (χ1) is 13.8. The molecule has 152 valence electrons. The van der Waals surface area contributed by atoms with E-state index in [0.717, 1.165) is 5.56 Å². The van der Waals surface area contributed by atoms with Gasteiger partial charge in [-0.3, -0.25) is 0 Å².